The molecule has 1 aromatic carbocycles. The molecule has 0 aliphatic rings. The van der Waals surface area contributed by atoms with E-state index in [2.05, 4.69) is 62.6 Å². The van der Waals surface area contributed by atoms with E-state index in [9.17, 15) is 58.2 Å². The Morgan fingerprint density at radius 3 is 1.71 bits per heavy atom. The zero-order chi connectivity index (χ0) is 58.6. The van der Waals surface area contributed by atoms with Crippen LogP contribution in [0.1, 0.15) is 108 Å². The van der Waals surface area contributed by atoms with Crippen LogP contribution in [0.25, 0.3) is 0 Å². The first-order valence-electron chi connectivity index (χ1n) is 25.7. The predicted molar refractivity (Wildman–Crippen MR) is 285 cm³/mol. The number of ether oxygens (including phenoxy) is 4. The molecular weight excluding hydrogens is 1060 g/mol. The maximum Gasteiger partial charge on any atom is 0.326 e. The Labute approximate surface area is 462 Å². The fourth-order valence-corrected chi connectivity index (χ4v) is 8.20. The number of carboxylic acid groups (broad SMARTS) is 2. The van der Waals surface area contributed by atoms with Crippen molar-refractivity contribution in [2.45, 2.75) is 115 Å². The van der Waals surface area contributed by atoms with Gasteiger partial charge in [0.25, 0.3) is 5.91 Å². The fraction of sp³-hybridized carbons (Fsp3) is 0.653. The number of nitrogens with two attached hydrogens (primary N) is 1. The standard InChI is InChI=1S/C49H79N13O16S/c1-48(2,46-58-61-62-59-46)31-49(3,4)47(74)60-79-28-8-10-37(63)52-20-22-75-25-27-78-30-41(67)57-36(45(72)73)16-18-39(65)56-35(44(70)71)15-17-38(64)53-21-23-76-24-26-77-29-40(66)55-34(43(69)51-5)9-6-7-19-54-42(68)32-11-13-33(50)14-12-32/h11-14,34-36H,6-10,15-31,50H2,1-5H3,(H,51,69)(H,52,63)(H,53,64)(H,54,68)(H,55,66)(H,56,65)(H,57,67)(H,60,74)(H,70,71)(H,72,73)(H,58,59,61,62). The molecule has 0 radical (unpaired) electrons. The molecule has 0 aliphatic carbocycles. The number of nitrogens with one attached hydrogen (secondary N) is 9. The molecule has 0 saturated heterocycles. The molecule has 0 fully saturated rings. The molecule has 0 aliphatic heterocycles. The molecule has 2 aromatic rings. The number of aromatic nitrogens is 4. The van der Waals surface area contributed by atoms with Gasteiger partial charge in [-0.15, -0.1) is 5.10 Å². The maximum absolute atomic E-state index is 12.8. The number of nitrogens with zero attached hydrogens (tertiary/aromatic N) is 3. The minimum Gasteiger partial charge on any atom is -0.480 e. The van der Waals surface area contributed by atoms with Crippen molar-refractivity contribution in [2.24, 2.45) is 5.41 Å². The first kappa shape index (κ1) is 68.1. The molecule has 3 atom stereocenters. The number of likely N-dealkylation sites (N-methyl/N-ethyl adjacent to an activating group) is 1. The first-order chi connectivity index (χ1) is 37.5. The van der Waals surface area contributed by atoms with Crippen LogP contribution in [0.2, 0.25) is 0 Å². The second-order valence-electron chi connectivity index (χ2n) is 19.2. The van der Waals surface area contributed by atoms with Gasteiger partial charge in [-0.1, -0.05) is 39.6 Å². The lowest BCUT2D eigenvalue weighted by molar-refractivity contribution is -0.144. The quantitative estimate of drug-likeness (QED) is 0.0212. The number of unbranched alkanes of at least 4 members (excludes halogenated alkanes) is 1. The van der Waals surface area contributed by atoms with Crippen molar-refractivity contribution in [3.8, 4) is 0 Å². The normalized spacial score (nSPS) is 12.5. The van der Waals surface area contributed by atoms with Crippen LogP contribution in [-0.4, -0.2) is 193 Å². The van der Waals surface area contributed by atoms with Gasteiger partial charge in [-0.3, -0.25) is 43.1 Å². The monoisotopic (exact) mass is 1140 g/mol. The van der Waals surface area contributed by atoms with Gasteiger partial charge in [0.05, 0.1) is 39.6 Å². The highest BCUT2D eigenvalue weighted by atomic mass is 32.2. The predicted octanol–water partition coefficient (Wildman–Crippen LogP) is -1.15. The number of benzene rings is 1. The number of anilines is 1. The van der Waals surface area contributed by atoms with Crippen LogP contribution in [0.5, 0.6) is 0 Å². The number of carbonyl (C=O) groups excluding carboxylic acids is 8. The Balaban J connectivity index is 1.50. The summed E-state index contributed by atoms with van der Waals surface area (Å²) < 4.78 is 24.2. The second-order valence-corrected chi connectivity index (χ2v) is 20.1. The molecule has 8 amide bonds. The van der Waals surface area contributed by atoms with Crippen LogP contribution in [0.15, 0.2) is 24.3 Å². The van der Waals surface area contributed by atoms with Crippen LogP contribution >= 0.6 is 11.9 Å². The molecule has 2 rings (SSSR count). The molecule has 0 spiro atoms. The van der Waals surface area contributed by atoms with Crippen LogP contribution in [0.3, 0.4) is 0 Å². The van der Waals surface area contributed by atoms with Crippen molar-refractivity contribution in [3.63, 3.8) is 0 Å². The number of H-pyrrole nitrogens is 1. The largest absolute Gasteiger partial charge is 0.480 e. The Morgan fingerprint density at radius 2 is 1.16 bits per heavy atom. The van der Waals surface area contributed by atoms with Gasteiger partial charge in [-0.05, 0) is 79.6 Å². The summed E-state index contributed by atoms with van der Waals surface area (Å²) in [4.78, 5) is 123. The van der Waals surface area contributed by atoms with Crippen LogP contribution in [-0.2, 0) is 67.5 Å². The molecule has 442 valence electrons. The Bertz CT molecular complexity index is 2240. The Kier molecular flexibility index (Phi) is 32.5. The molecule has 1 aromatic heterocycles. The summed E-state index contributed by atoms with van der Waals surface area (Å²) >= 11 is 1.23. The van der Waals surface area contributed by atoms with Crippen LogP contribution in [0, 0.1) is 5.41 Å². The molecule has 1 heterocycles. The minimum absolute atomic E-state index is 0.0239. The van der Waals surface area contributed by atoms with Gasteiger partial charge in [-0.2, -0.15) is 0 Å². The summed E-state index contributed by atoms with van der Waals surface area (Å²) in [6.45, 7) is 7.73. The van der Waals surface area contributed by atoms with Crippen LogP contribution in [0.4, 0.5) is 5.69 Å². The molecule has 0 bridgehead atoms. The zero-order valence-corrected chi connectivity index (χ0v) is 46.4. The van der Waals surface area contributed by atoms with Crippen molar-refractivity contribution in [1.82, 2.24) is 62.6 Å². The van der Waals surface area contributed by atoms with Crippen molar-refractivity contribution in [1.29, 1.82) is 0 Å². The number of carboxylic acids is 2. The molecule has 79 heavy (non-hydrogen) atoms. The molecule has 0 saturated carbocycles. The number of amides is 8. The summed E-state index contributed by atoms with van der Waals surface area (Å²) in [5.74, 6) is -5.37. The van der Waals surface area contributed by atoms with Crippen molar-refractivity contribution in [2.75, 3.05) is 91.0 Å². The van der Waals surface area contributed by atoms with E-state index in [0.29, 0.717) is 61.5 Å². The minimum atomic E-state index is -1.49. The number of hydrogen-bond donors (Lipinski definition) is 12. The van der Waals surface area contributed by atoms with E-state index in [4.69, 9.17) is 24.7 Å². The van der Waals surface area contributed by atoms with Gasteiger partial charge in [0.1, 0.15) is 31.3 Å². The molecular formula is C49H79N13O16S. The lowest BCUT2D eigenvalue weighted by Crippen LogP contribution is -2.47. The average molecular weight is 1140 g/mol. The average Bonchev–Trinajstić information content (AvgIpc) is 3.97. The van der Waals surface area contributed by atoms with E-state index in [1.54, 1.807) is 24.3 Å². The Hall–Kier alpha value is -7.02. The van der Waals surface area contributed by atoms with Crippen molar-refractivity contribution < 1.29 is 77.1 Å². The number of hydrogen-bond acceptors (Lipinski definition) is 19. The number of carbonyl (C=O) groups is 10. The van der Waals surface area contributed by atoms with Gasteiger partial charge >= 0.3 is 11.9 Å². The van der Waals surface area contributed by atoms with Gasteiger partial charge in [0.15, 0.2) is 5.82 Å². The fourth-order valence-electron chi connectivity index (χ4n) is 7.40. The number of aromatic amines is 1. The van der Waals surface area contributed by atoms with Crippen molar-refractivity contribution in [3.05, 3.63) is 35.7 Å². The lowest BCUT2D eigenvalue weighted by Gasteiger charge is -2.31. The molecule has 30 heteroatoms. The second kappa shape index (κ2) is 37.7. The van der Waals surface area contributed by atoms with E-state index in [-0.39, 0.29) is 109 Å². The topological polar surface area (TPSA) is 425 Å². The molecule has 29 nitrogen and oxygen atoms in total. The Morgan fingerprint density at radius 1 is 0.633 bits per heavy atom. The summed E-state index contributed by atoms with van der Waals surface area (Å²) in [7, 11) is 1.45. The molecule has 13 N–H and O–H groups in total. The SMILES string of the molecule is CNC(=O)C(CCCCNC(=O)c1ccc(N)cc1)NC(=O)COCCOCCNC(=O)CCC(NC(=O)CCC(NC(=O)COCCOCCNC(=O)CCCSNC(=O)C(C)(C)CC(C)(C)c1nnn[nH]1)C(=O)O)C(=O)O. The number of rotatable bonds is 43. The highest BCUT2D eigenvalue weighted by Gasteiger charge is 2.37. The summed E-state index contributed by atoms with van der Waals surface area (Å²) in [5.41, 5.74) is 5.51. The van der Waals surface area contributed by atoms with Crippen LogP contribution < -0.4 is 47.7 Å². The van der Waals surface area contributed by atoms with Gasteiger partial charge in [-0.25, -0.2) is 14.7 Å². The van der Waals surface area contributed by atoms with Gasteiger partial charge < -0.3 is 72.1 Å². The van der Waals surface area contributed by atoms with Gasteiger partial charge in [0.2, 0.25) is 41.4 Å². The molecule has 3 unspecified atom stereocenters. The number of tetrazole rings is 1. The van der Waals surface area contributed by atoms with E-state index >= 15 is 0 Å². The lowest BCUT2D eigenvalue weighted by atomic mass is 9.74. The maximum atomic E-state index is 12.8. The number of nitrogen functional groups attached to an aromatic ring is 1. The number of aliphatic carboxylic acids is 2. The van der Waals surface area contributed by atoms with E-state index in [1.165, 1.54) is 19.0 Å². The zero-order valence-electron chi connectivity index (χ0n) is 45.5. The van der Waals surface area contributed by atoms with Gasteiger partial charge in [0, 0.05) is 73.8 Å². The van der Waals surface area contributed by atoms with E-state index in [1.807, 2.05) is 27.7 Å². The third-order valence-electron chi connectivity index (χ3n) is 11.5. The highest BCUT2D eigenvalue weighted by molar-refractivity contribution is 7.97. The summed E-state index contributed by atoms with van der Waals surface area (Å²) in [5, 5.41) is 50.9. The smallest absolute Gasteiger partial charge is 0.326 e. The van der Waals surface area contributed by atoms with E-state index in [0.717, 1.165) is 0 Å². The highest BCUT2D eigenvalue weighted by Crippen LogP contribution is 2.35. The third kappa shape index (κ3) is 30.1. The summed E-state index contributed by atoms with van der Waals surface area (Å²) in [6.07, 6.45) is 1.29. The van der Waals surface area contributed by atoms with Crippen molar-refractivity contribution >= 4 is 76.8 Å². The third-order valence-corrected chi connectivity index (χ3v) is 12.3. The van der Waals surface area contributed by atoms with E-state index < -0.39 is 77.6 Å². The first-order valence-corrected chi connectivity index (χ1v) is 26.7. The summed E-state index contributed by atoms with van der Waals surface area (Å²) in [6, 6.07) is 2.72.